The molecule has 3 rings (SSSR count). The number of aliphatic hydroxyl groups excluding tert-OH is 1. The first kappa shape index (κ1) is 17.9. The van der Waals surface area contributed by atoms with Gasteiger partial charge < -0.3 is 20.7 Å². The molecule has 7 heteroatoms. The van der Waals surface area contributed by atoms with Crippen LogP contribution in [0.2, 0.25) is 0 Å². The standard InChI is InChI=1S/C19H22N4O3/c1-10(9-24)20-18(25)12(3)22-19(26)16-8-14-13-6-4-5-7-15(13)23-17(14)11(2)21-16/h4-8,10,12,23-24H,9H2,1-3H3,(H,20,25)(H,22,26). The van der Waals surface area contributed by atoms with Gasteiger partial charge in [0.25, 0.3) is 5.91 Å². The lowest BCUT2D eigenvalue weighted by Gasteiger charge is -2.17. The van der Waals surface area contributed by atoms with Gasteiger partial charge >= 0.3 is 0 Å². The van der Waals surface area contributed by atoms with Gasteiger partial charge in [-0.15, -0.1) is 0 Å². The highest BCUT2D eigenvalue weighted by Gasteiger charge is 2.20. The molecule has 0 spiro atoms. The molecule has 2 aromatic heterocycles. The molecular weight excluding hydrogens is 332 g/mol. The second kappa shape index (κ2) is 7.13. The van der Waals surface area contributed by atoms with Crippen molar-refractivity contribution in [3.05, 3.63) is 41.7 Å². The zero-order valence-electron chi connectivity index (χ0n) is 15.0. The van der Waals surface area contributed by atoms with Crippen molar-refractivity contribution in [1.82, 2.24) is 20.6 Å². The fraction of sp³-hybridized carbons (Fsp3) is 0.316. The maximum atomic E-state index is 12.6. The van der Waals surface area contributed by atoms with Crippen LogP contribution in [-0.4, -0.2) is 45.6 Å². The van der Waals surface area contributed by atoms with Crippen molar-refractivity contribution in [3.8, 4) is 0 Å². The SMILES string of the molecule is Cc1nc(C(=O)NC(C)C(=O)NC(C)CO)cc2c1[nH]c1ccccc12. The number of rotatable bonds is 5. The predicted molar refractivity (Wildman–Crippen MR) is 100.0 cm³/mol. The molecule has 0 aliphatic heterocycles. The first-order valence-electron chi connectivity index (χ1n) is 8.51. The Labute approximate surface area is 150 Å². The summed E-state index contributed by atoms with van der Waals surface area (Å²) in [5.74, 6) is -0.774. The number of carbonyl (C=O) groups excluding carboxylic acids is 2. The lowest BCUT2D eigenvalue weighted by molar-refractivity contribution is -0.123. The lowest BCUT2D eigenvalue weighted by Crippen LogP contribution is -2.48. The molecule has 3 aromatic rings. The van der Waals surface area contributed by atoms with Crippen LogP contribution in [0.5, 0.6) is 0 Å². The number of aryl methyl sites for hydroxylation is 1. The van der Waals surface area contributed by atoms with Gasteiger partial charge in [0.1, 0.15) is 11.7 Å². The first-order valence-corrected chi connectivity index (χ1v) is 8.51. The minimum atomic E-state index is -0.739. The molecule has 2 atom stereocenters. The zero-order valence-corrected chi connectivity index (χ0v) is 15.0. The fourth-order valence-corrected chi connectivity index (χ4v) is 2.87. The van der Waals surface area contributed by atoms with Gasteiger partial charge in [0.05, 0.1) is 17.8 Å². The summed E-state index contributed by atoms with van der Waals surface area (Å²) in [4.78, 5) is 32.3. The van der Waals surface area contributed by atoms with Gasteiger partial charge in [-0.05, 0) is 32.9 Å². The van der Waals surface area contributed by atoms with Gasteiger partial charge in [0, 0.05) is 22.3 Å². The number of hydrogen-bond acceptors (Lipinski definition) is 4. The number of aromatic nitrogens is 2. The number of pyridine rings is 1. The molecule has 2 amide bonds. The van der Waals surface area contributed by atoms with Crippen molar-refractivity contribution >= 4 is 33.6 Å². The highest BCUT2D eigenvalue weighted by atomic mass is 16.3. The maximum absolute atomic E-state index is 12.6. The van der Waals surface area contributed by atoms with Crippen LogP contribution >= 0.6 is 0 Å². The highest BCUT2D eigenvalue weighted by molar-refractivity contribution is 6.10. The summed E-state index contributed by atoms with van der Waals surface area (Å²) in [5, 5.41) is 16.2. The third-order valence-electron chi connectivity index (χ3n) is 4.31. The molecule has 0 radical (unpaired) electrons. The van der Waals surface area contributed by atoms with E-state index in [4.69, 9.17) is 5.11 Å². The number of aromatic amines is 1. The van der Waals surface area contributed by atoms with Crippen molar-refractivity contribution in [2.75, 3.05) is 6.61 Å². The second-order valence-corrected chi connectivity index (χ2v) is 6.47. The van der Waals surface area contributed by atoms with Gasteiger partial charge in [-0.1, -0.05) is 18.2 Å². The molecule has 4 N–H and O–H groups in total. The molecule has 7 nitrogen and oxygen atoms in total. The molecular formula is C19H22N4O3. The van der Waals surface area contributed by atoms with Crippen LogP contribution < -0.4 is 10.6 Å². The summed E-state index contributed by atoms with van der Waals surface area (Å²) in [5.41, 5.74) is 2.85. The number of nitrogens with one attached hydrogen (secondary N) is 3. The van der Waals surface area contributed by atoms with Crippen LogP contribution in [0.1, 0.15) is 30.0 Å². The number of benzene rings is 1. The van der Waals surface area contributed by atoms with Crippen LogP contribution in [0.25, 0.3) is 21.8 Å². The fourth-order valence-electron chi connectivity index (χ4n) is 2.87. The topological polar surface area (TPSA) is 107 Å². The van der Waals surface area contributed by atoms with Crippen LogP contribution in [0.4, 0.5) is 0 Å². The third kappa shape index (κ3) is 3.39. The molecule has 26 heavy (non-hydrogen) atoms. The van der Waals surface area contributed by atoms with Gasteiger partial charge in [-0.25, -0.2) is 4.98 Å². The number of fused-ring (bicyclic) bond motifs is 3. The number of nitrogens with zero attached hydrogens (tertiary/aromatic N) is 1. The molecule has 0 fully saturated rings. The van der Waals surface area contributed by atoms with E-state index in [0.29, 0.717) is 0 Å². The van der Waals surface area contributed by atoms with Gasteiger partial charge in [-0.3, -0.25) is 9.59 Å². The molecule has 2 heterocycles. The maximum Gasteiger partial charge on any atom is 0.270 e. The Bertz CT molecular complexity index is 979. The van der Waals surface area contributed by atoms with E-state index in [2.05, 4.69) is 20.6 Å². The minimum Gasteiger partial charge on any atom is -0.394 e. The van der Waals surface area contributed by atoms with E-state index in [0.717, 1.165) is 27.5 Å². The predicted octanol–water partition coefficient (Wildman–Crippen LogP) is 1.64. The number of aliphatic hydroxyl groups is 1. The summed E-state index contributed by atoms with van der Waals surface area (Å²) >= 11 is 0. The van der Waals surface area contributed by atoms with Crippen molar-refractivity contribution in [2.24, 2.45) is 0 Å². The zero-order chi connectivity index (χ0) is 18.8. The van der Waals surface area contributed by atoms with Crippen LogP contribution in [0.15, 0.2) is 30.3 Å². The van der Waals surface area contributed by atoms with Gasteiger partial charge in [-0.2, -0.15) is 0 Å². The molecule has 0 saturated carbocycles. The summed E-state index contributed by atoms with van der Waals surface area (Å²) in [6.07, 6.45) is 0. The van der Waals surface area contributed by atoms with Gasteiger partial charge in [0.15, 0.2) is 0 Å². The van der Waals surface area contributed by atoms with Crippen LogP contribution in [0, 0.1) is 6.92 Å². The van der Waals surface area contributed by atoms with E-state index in [1.165, 1.54) is 0 Å². The Morgan fingerprint density at radius 3 is 2.65 bits per heavy atom. The normalized spacial score (nSPS) is 13.5. The quantitative estimate of drug-likeness (QED) is 0.559. The number of para-hydroxylation sites is 1. The van der Waals surface area contributed by atoms with Crippen molar-refractivity contribution in [2.45, 2.75) is 32.9 Å². The molecule has 0 saturated heterocycles. The molecule has 1 aromatic carbocycles. The van der Waals surface area contributed by atoms with Crippen molar-refractivity contribution in [3.63, 3.8) is 0 Å². The smallest absolute Gasteiger partial charge is 0.270 e. The summed E-state index contributed by atoms with van der Waals surface area (Å²) in [6, 6.07) is 8.48. The molecule has 0 aliphatic carbocycles. The third-order valence-corrected chi connectivity index (χ3v) is 4.31. The first-order chi connectivity index (χ1) is 12.4. The summed E-state index contributed by atoms with van der Waals surface area (Å²) in [6.45, 7) is 4.95. The Morgan fingerprint density at radius 1 is 1.19 bits per heavy atom. The Balaban J connectivity index is 1.86. The molecule has 0 bridgehead atoms. The summed E-state index contributed by atoms with van der Waals surface area (Å²) < 4.78 is 0. The minimum absolute atomic E-state index is 0.162. The number of hydrogen-bond donors (Lipinski definition) is 4. The lowest BCUT2D eigenvalue weighted by atomic mass is 10.1. The van der Waals surface area contributed by atoms with E-state index < -0.39 is 11.9 Å². The van der Waals surface area contributed by atoms with E-state index in [-0.39, 0.29) is 24.2 Å². The summed E-state index contributed by atoms with van der Waals surface area (Å²) in [7, 11) is 0. The molecule has 0 aliphatic rings. The van der Waals surface area contributed by atoms with Crippen LogP contribution in [0.3, 0.4) is 0 Å². The van der Waals surface area contributed by atoms with Crippen molar-refractivity contribution < 1.29 is 14.7 Å². The Kier molecular flexibility index (Phi) is 4.90. The van der Waals surface area contributed by atoms with E-state index in [9.17, 15) is 9.59 Å². The average molecular weight is 354 g/mol. The number of carbonyl (C=O) groups is 2. The highest BCUT2D eigenvalue weighted by Crippen LogP contribution is 2.27. The van der Waals surface area contributed by atoms with Crippen LogP contribution in [-0.2, 0) is 4.79 Å². The number of amides is 2. The Morgan fingerprint density at radius 2 is 1.92 bits per heavy atom. The van der Waals surface area contributed by atoms with E-state index in [1.54, 1.807) is 19.9 Å². The monoisotopic (exact) mass is 354 g/mol. The molecule has 136 valence electrons. The molecule has 2 unspecified atom stereocenters. The average Bonchev–Trinajstić information content (AvgIpc) is 3.00. The number of H-pyrrole nitrogens is 1. The van der Waals surface area contributed by atoms with E-state index in [1.807, 2.05) is 31.2 Å². The largest absolute Gasteiger partial charge is 0.394 e. The second-order valence-electron chi connectivity index (χ2n) is 6.47. The van der Waals surface area contributed by atoms with Crippen molar-refractivity contribution in [1.29, 1.82) is 0 Å². The van der Waals surface area contributed by atoms with Gasteiger partial charge in [0.2, 0.25) is 5.91 Å². The van der Waals surface area contributed by atoms with E-state index >= 15 is 0 Å². The Hall–Kier alpha value is -2.93.